The summed E-state index contributed by atoms with van der Waals surface area (Å²) in [6, 6.07) is 21.7. The molecule has 0 aliphatic rings. The van der Waals surface area contributed by atoms with Gasteiger partial charge in [0.15, 0.2) is 0 Å². The molecule has 3 rings (SSSR count). The normalized spacial score (nSPS) is 12.2. The summed E-state index contributed by atoms with van der Waals surface area (Å²) in [6.45, 7) is 1.54. The fourth-order valence-electron chi connectivity index (χ4n) is 3.24. The van der Waals surface area contributed by atoms with Gasteiger partial charge in [0.05, 0.1) is 18.0 Å². The van der Waals surface area contributed by atoms with E-state index in [1.165, 1.54) is 12.1 Å². The van der Waals surface area contributed by atoms with E-state index in [4.69, 9.17) is 0 Å². The first-order valence-electron chi connectivity index (χ1n) is 9.39. The third kappa shape index (κ3) is 5.24. The number of amides is 1. The molecule has 0 aromatic heterocycles. The SMILES string of the molecule is Cc1ccccc1C(NC(=O)CN(c1ccc(F)cc1)S(C)(=O)=O)c1ccccc1. The Bertz CT molecular complexity index is 1120. The molecule has 0 saturated carbocycles. The molecule has 0 heterocycles. The summed E-state index contributed by atoms with van der Waals surface area (Å²) in [4.78, 5) is 12.9. The number of hydrogen-bond donors (Lipinski definition) is 1. The van der Waals surface area contributed by atoms with Crippen molar-refractivity contribution in [2.45, 2.75) is 13.0 Å². The summed E-state index contributed by atoms with van der Waals surface area (Å²) in [7, 11) is -3.75. The number of aryl methyl sites for hydroxylation is 1. The number of rotatable bonds is 7. The van der Waals surface area contributed by atoms with Crippen molar-refractivity contribution in [3.8, 4) is 0 Å². The molecule has 156 valence electrons. The second-order valence-corrected chi connectivity index (χ2v) is 8.92. The maximum atomic E-state index is 13.2. The predicted octanol–water partition coefficient (Wildman–Crippen LogP) is 3.81. The van der Waals surface area contributed by atoms with Crippen LogP contribution in [0.5, 0.6) is 0 Å². The molecule has 7 heteroatoms. The minimum atomic E-state index is -3.75. The van der Waals surface area contributed by atoms with Gasteiger partial charge in [-0.05, 0) is 47.9 Å². The van der Waals surface area contributed by atoms with Gasteiger partial charge in [0.25, 0.3) is 0 Å². The number of benzene rings is 3. The zero-order valence-corrected chi connectivity index (χ0v) is 17.6. The van der Waals surface area contributed by atoms with E-state index in [1.807, 2.05) is 61.5 Å². The molecule has 0 fully saturated rings. The van der Waals surface area contributed by atoms with E-state index in [0.29, 0.717) is 0 Å². The molecule has 0 saturated heterocycles. The Labute approximate surface area is 176 Å². The Morgan fingerprint density at radius 1 is 0.967 bits per heavy atom. The van der Waals surface area contributed by atoms with Gasteiger partial charge in [0, 0.05) is 0 Å². The molecule has 3 aromatic rings. The summed E-state index contributed by atoms with van der Waals surface area (Å²) >= 11 is 0. The van der Waals surface area contributed by atoms with E-state index in [0.717, 1.165) is 39.4 Å². The number of carbonyl (C=O) groups is 1. The number of carbonyl (C=O) groups excluding carboxylic acids is 1. The molecule has 1 N–H and O–H groups in total. The average Bonchev–Trinajstić information content (AvgIpc) is 2.71. The van der Waals surface area contributed by atoms with Gasteiger partial charge in [-0.25, -0.2) is 12.8 Å². The summed E-state index contributed by atoms with van der Waals surface area (Å²) in [5.74, 6) is -0.956. The third-order valence-corrected chi connectivity index (χ3v) is 5.88. The highest BCUT2D eigenvalue weighted by molar-refractivity contribution is 7.92. The molecule has 0 aliphatic heterocycles. The lowest BCUT2D eigenvalue weighted by molar-refractivity contribution is -0.120. The highest BCUT2D eigenvalue weighted by atomic mass is 32.2. The third-order valence-electron chi connectivity index (χ3n) is 4.74. The lowest BCUT2D eigenvalue weighted by atomic mass is 9.95. The van der Waals surface area contributed by atoms with Crippen LogP contribution in [0.25, 0.3) is 0 Å². The number of anilines is 1. The molecule has 5 nitrogen and oxygen atoms in total. The summed E-state index contributed by atoms with van der Waals surface area (Å²) < 4.78 is 38.8. The molecular formula is C23H23FN2O3S. The fourth-order valence-corrected chi connectivity index (χ4v) is 4.10. The molecular weight excluding hydrogens is 403 g/mol. The van der Waals surface area contributed by atoms with Crippen molar-refractivity contribution >= 4 is 21.6 Å². The summed E-state index contributed by atoms with van der Waals surface area (Å²) in [5.41, 5.74) is 3.03. The zero-order valence-electron chi connectivity index (χ0n) is 16.7. The van der Waals surface area contributed by atoms with Crippen molar-refractivity contribution in [3.63, 3.8) is 0 Å². The zero-order chi connectivity index (χ0) is 21.7. The molecule has 0 spiro atoms. The van der Waals surface area contributed by atoms with Crippen molar-refractivity contribution in [1.29, 1.82) is 0 Å². The second kappa shape index (κ2) is 9.09. The van der Waals surface area contributed by atoms with Gasteiger partial charge in [-0.3, -0.25) is 9.10 Å². The maximum absolute atomic E-state index is 13.2. The van der Waals surface area contributed by atoms with Crippen molar-refractivity contribution in [3.05, 3.63) is 101 Å². The van der Waals surface area contributed by atoms with Crippen LogP contribution >= 0.6 is 0 Å². The van der Waals surface area contributed by atoms with Gasteiger partial charge in [-0.1, -0.05) is 54.6 Å². The van der Waals surface area contributed by atoms with Crippen LogP contribution < -0.4 is 9.62 Å². The van der Waals surface area contributed by atoms with E-state index in [1.54, 1.807) is 0 Å². The molecule has 1 amide bonds. The quantitative estimate of drug-likeness (QED) is 0.625. The first-order chi connectivity index (χ1) is 14.3. The fraction of sp³-hybridized carbons (Fsp3) is 0.174. The Morgan fingerprint density at radius 2 is 1.57 bits per heavy atom. The van der Waals surface area contributed by atoms with Gasteiger partial charge < -0.3 is 5.32 Å². The first kappa shape index (κ1) is 21.5. The number of halogens is 1. The van der Waals surface area contributed by atoms with Gasteiger partial charge in [-0.15, -0.1) is 0 Å². The Balaban J connectivity index is 1.90. The predicted molar refractivity (Wildman–Crippen MR) is 116 cm³/mol. The monoisotopic (exact) mass is 426 g/mol. The topological polar surface area (TPSA) is 66.5 Å². The van der Waals surface area contributed by atoms with E-state index < -0.39 is 34.3 Å². The van der Waals surface area contributed by atoms with Gasteiger partial charge >= 0.3 is 0 Å². The summed E-state index contributed by atoms with van der Waals surface area (Å²) in [5, 5.41) is 2.96. The molecule has 30 heavy (non-hydrogen) atoms. The minimum Gasteiger partial charge on any atom is -0.344 e. The maximum Gasteiger partial charge on any atom is 0.241 e. The molecule has 0 radical (unpaired) electrons. The van der Waals surface area contributed by atoms with Gasteiger partial charge in [0.1, 0.15) is 12.4 Å². The average molecular weight is 427 g/mol. The highest BCUT2D eigenvalue weighted by Gasteiger charge is 2.24. The molecule has 1 atom stereocenters. The van der Waals surface area contributed by atoms with Crippen LogP contribution in [-0.2, 0) is 14.8 Å². The van der Waals surface area contributed by atoms with Crippen molar-refractivity contribution in [2.75, 3.05) is 17.1 Å². The highest BCUT2D eigenvalue weighted by Crippen LogP contribution is 2.25. The van der Waals surface area contributed by atoms with E-state index in [-0.39, 0.29) is 5.69 Å². The summed E-state index contributed by atoms with van der Waals surface area (Å²) in [6.07, 6.45) is 1.01. The van der Waals surface area contributed by atoms with Crippen molar-refractivity contribution in [2.24, 2.45) is 0 Å². The van der Waals surface area contributed by atoms with Crippen LogP contribution in [0.3, 0.4) is 0 Å². The number of nitrogens with zero attached hydrogens (tertiary/aromatic N) is 1. The lowest BCUT2D eigenvalue weighted by Gasteiger charge is -2.25. The molecule has 0 bridgehead atoms. The van der Waals surface area contributed by atoms with E-state index >= 15 is 0 Å². The van der Waals surface area contributed by atoms with Crippen LogP contribution in [0.2, 0.25) is 0 Å². The lowest BCUT2D eigenvalue weighted by Crippen LogP contribution is -2.42. The van der Waals surface area contributed by atoms with Gasteiger partial charge in [0.2, 0.25) is 15.9 Å². The molecule has 1 unspecified atom stereocenters. The van der Waals surface area contributed by atoms with E-state index in [2.05, 4.69) is 5.32 Å². The molecule has 3 aromatic carbocycles. The van der Waals surface area contributed by atoms with Crippen molar-refractivity contribution in [1.82, 2.24) is 5.32 Å². The Hall–Kier alpha value is -3.19. The van der Waals surface area contributed by atoms with Gasteiger partial charge in [-0.2, -0.15) is 0 Å². The Morgan fingerprint density at radius 3 is 2.17 bits per heavy atom. The van der Waals surface area contributed by atoms with Crippen LogP contribution in [-0.4, -0.2) is 27.1 Å². The number of nitrogens with one attached hydrogen (secondary N) is 1. The smallest absolute Gasteiger partial charge is 0.241 e. The standard InChI is InChI=1S/C23H23FN2O3S/c1-17-8-6-7-11-21(17)23(18-9-4-3-5-10-18)25-22(27)16-26(30(2,28)29)20-14-12-19(24)13-15-20/h3-15,23H,16H2,1-2H3,(H,25,27). The second-order valence-electron chi connectivity index (χ2n) is 7.01. The Kier molecular flexibility index (Phi) is 6.52. The van der Waals surface area contributed by atoms with E-state index in [9.17, 15) is 17.6 Å². The van der Waals surface area contributed by atoms with Crippen molar-refractivity contribution < 1.29 is 17.6 Å². The van der Waals surface area contributed by atoms with Crippen LogP contribution in [0, 0.1) is 12.7 Å². The first-order valence-corrected chi connectivity index (χ1v) is 11.2. The molecule has 0 aliphatic carbocycles. The number of sulfonamides is 1. The minimum absolute atomic E-state index is 0.223. The van der Waals surface area contributed by atoms with Crippen LogP contribution in [0.4, 0.5) is 10.1 Å². The number of hydrogen-bond acceptors (Lipinski definition) is 3. The van der Waals surface area contributed by atoms with Crippen LogP contribution in [0.15, 0.2) is 78.9 Å². The largest absolute Gasteiger partial charge is 0.344 e. The van der Waals surface area contributed by atoms with Crippen LogP contribution in [0.1, 0.15) is 22.7 Å².